The van der Waals surface area contributed by atoms with Crippen LogP contribution in [0.1, 0.15) is 59.1 Å². The Kier molecular flexibility index (Phi) is 12.6. The van der Waals surface area contributed by atoms with Crippen molar-refractivity contribution in [2.75, 3.05) is 21.3 Å². The first-order chi connectivity index (χ1) is 20.8. The molecule has 2 rings (SSSR count). The Hall–Kier alpha value is -4.04. The number of carbonyl (C=O) groups is 3. The van der Waals surface area contributed by atoms with E-state index in [9.17, 15) is 22.8 Å². The number of aryl methyl sites for hydroxylation is 1. The summed E-state index contributed by atoms with van der Waals surface area (Å²) in [5, 5.41) is 5.02. The summed E-state index contributed by atoms with van der Waals surface area (Å²) in [7, 11) is -0.207. The predicted molar refractivity (Wildman–Crippen MR) is 165 cm³/mol. The predicted octanol–water partition coefficient (Wildman–Crippen LogP) is 4.04. The lowest BCUT2D eigenvalue weighted by molar-refractivity contribution is -0.158. The number of alkyl carbamates (subject to hydrolysis) is 1. The maximum absolute atomic E-state index is 13.7. The normalized spacial score (nSPS) is 13.2. The maximum Gasteiger partial charge on any atom is 0.408 e. The van der Waals surface area contributed by atoms with E-state index in [1.807, 2.05) is 0 Å². The lowest BCUT2D eigenvalue weighted by Gasteiger charge is -2.28. The van der Waals surface area contributed by atoms with Gasteiger partial charge >= 0.3 is 12.1 Å². The Morgan fingerprint density at radius 1 is 0.822 bits per heavy atom. The number of ether oxygens (including phenoxy) is 5. The minimum Gasteiger partial charge on any atom is -0.496 e. The van der Waals surface area contributed by atoms with Gasteiger partial charge in [-0.1, -0.05) is 17.7 Å². The molecule has 0 saturated heterocycles. The van der Waals surface area contributed by atoms with Crippen LogP contribution >= 0.6 is 0 Å². The molecule has 0 fully saturated rings. The average molecular weight is 653 g/mol. The van der Waals surface area contributed by atoms with E-state index in [-0.39, 0.29) is 11.4 Å². The third kappa shape index (κ3) is 11.8. The van der Waals surface area contributed by atoms with Crippen LogP contribution < -0.4 is 24.8 Å². The summed E-state index contributed by atoms with van der Waals surface area (Å²) < 4.78 is 58.9. The first kappa shape index (κ1) is 37.1. The molecule has 2 aromatic rings. The lowest BCUT2D eigenvalue weighted by Crippen LogP contribution is -2.50. The van der Waals surface area contributed by atoms with Crippen LogP contribution in [0.25, 0.3) is 0 Å². The maximum atomic E-state index is 13.7. The largest absolute Gasteiger partial charge is 0.496 e. The summed E-state index contributed by atoms with van der Waals surface area (Å²) in [4.78, 5) is 39.4. The average Bonchev–Trinajstić information content (AvgIpc) is 2.92. The van der Waals surface area contributed by atoms with Crippen LogP contribution in [0.2, 0.25) is 0 Å². The van der Waals surface area contributed by atoms with Gasteiger partial charge in [-0.15, -0.1) is 0 Å². The first-order valence-corrected chi connectivity index (χ1v) is 15.5. The lowest BCUT2D eigenvalue weighted by atomic mass is 10.1. The van der Waals surface area contributed by atoms with Crippen molar-refractivity contribution in [3.8, 4) is 17.2 Å². The highest BCUT2D eigenvalue weighted by Crippen LogP contribution is 2.34. The van der Waals surface area contributed by atoms with Gasteiger partial charge in [0.05, 0.1) is 38.3 Å². The molecule has 0 aliphatic carbocycles. The Morgan fingerprint density at radius 2 is 1.36 bits per heavy atom. The van der Waals surface area contributed by atoms with Gasteiger partial charge in [-0.2, -0.15) is 8.42 Å². The van der Waals surface area contributed by atoms with Crippen molar-refractivity contribution in [3.63, 3.8) is 0 Å². The monoisotopic (exact) mass is 652 g/mol. The minimum absolute atomic E-state index is 0.184. The fourth-order valence-corrected chi connectivity index (χ4v) is 4.95. The molecule has 14 heteroatoms. The summed E-state index contributed by atoms with van der Waals surface area (Å²) >= 11 is 0. The van der Waals surface area contributed by atoms with Crippen LogP contribution in [-0.4, -0.2) is 71.1 Å². The van der Waals surface area contributed by atoms with Gasteiger partial charge in [-0.25, -0.2) is 9.59 Å². The summed E-state index contributed by atoms with van der Waals surface area (Å²) in [6.45, 7) is 11.3. The fourth-order valence-electron chi connectivity index (χ4n) is 3.90. The molecule has 13 nitrogen and oxygen atoms in total. The van der Waals surface area contributed by atoms with E-state index in [2.05, 4.69) is 10.6 Å². The molecule has 0 bridgehead atoms. The second kappa shape index (κ2) is 15.3. The molecule has 2 aromatic carbocycles. The van der Waals surface area contributed by atoms with Crippen LogP contribution in [0.3, 0.4) is 0 Å². The highest BCUT2D eigenvalue weighted by atomic mass is 32.2. The number of benzene rings is 2. The number of carbonyl (C=O) groups excluding carboxylic acids is 3. The fraction of sp³-hybridized carbons (Fsp3) is 0.516. The number of hydrogen-bond acceptors (Lipinski definition) is 11. The van der Waals surface area contributed by atoms with E-state index in [0.29, 0.717) is 22.8 Å². The molecular formula is C31H44N2O11S. The zero-order valence-electron chi connectivity index (χ0n) is 27.4. The highest BCUT2D eigenvalue weighted by molar-refractivity contribution is 7.86. The van der Waals surface area contributed by atoms with Gasteiger partial charge in [-0.3, -0.25) is 8.98 Å². The van der Waals surface area contributed by atoms with E-state index >= 15 is 0 Å². The molecule has 0 heterocycles. The molecular weight excluding hydrogens is 608 g/mol. The Bertz CT molecular complexity index is 1420. The Labute approximate surface area is 265 Å². The highest BCUT2D eigenvalue weighted by Gasteiger charge is 2.36. The van der Waals surface area contributed by atoms with Gasteiger partial charge in [0.25, 0.3) is 16.0 Å². The molecule has 0 spiro atoms. The first-order valence-electron chi connectivity index (χ1n) is 14.1. The van der Waals surface area contributed by atoms with Crippen molar-refractivity contribution in [2.24, 2.45) is 0 Å². The molecule has 2 atom stereocenters. The number of hydrogen-bond donors (Lipinski definition) is 2. The second-order valence-corrected chi connectivity index (χ2v) is 13.6. The smallest absolute Gasteiger partial charge is 0.408 e. The molecule has 0 aliphatic rings. The van der Waals surface area contributed by atoms with Gasteiger partial charge in [0, 0.05) is 18.6 Å². The topological polar surface area (TPSA) is 165 Å². The van der Waals surface area contributed by atoms with Crippen LogP contribution in [-0.2, 0) is 39.9 Å². The minimum atomic E-state index is -4.53. The van der Waals surface area contributed by atoms with E-state index < -0.39 is 57.9 Å². The van der Waals surface area contributed by atoms with Crippen molar-refractivity contribution in [2.45, 2.75) is 89.7 Å². The van der Waals surface area contributed by atoms with Crippen molar-refractivity contribution in [1.29, 1.82) is 0 Å². The van der Waals surface area contributed by atoms with Gasteiger partial charge in [-0.05, 0) is 60.6 Å². The Morgan fingerprint density at radius 3 is 1.82 bits per heavy atom. The molecule has 45 heavy (non-hydrogen) atoms. The van der Waals surface area contributed by atoms with Gasteiger partial charge in [0.1, 0.15) is 34.5 Å². The van der Waals surface area contributed by atoms with Crippen molar-refractivity contribution in [3.05, 3.63) is 47.5 Å². The van der Waals surface area contributed by atoms with E-state index in [1.54, 1.807) is 72.7 Å². The van der Waals surface area contributed by atoms with Gasteiger partial charge in [0.15, 0.2) is 6.10 Å². The molecule has 2 N–H and O–H groups in total. The molecule has 250 valence electrons. The molecule has 0 radical (unpaired) electrons. The van der Waals surface area contributed by atoms with Gasteiger partial charge in [0.2, 0.25) is 0 Å². The zero-order valence-corrected chi connectivity index (χ0v) is 28.2. The van der Waals surface area contributed by atoms with Crippen molar-refractivity contribution >= 4 is 28.1 Å². The summed E-state index contributed by atoms with van der Waals surface area (Å²) in [5.74, 6) is -0.743. The summed E-state index contributed by atoms with van der Waals surface area (Å²) in [6.07, 6.45) is -3.41. The summed E-state index contributed by atoms with van der Waals surface area (Å²) in [6, 6.07) is 7.44. The van der Waals surface area contributed by atoms with E-state index in [1.165, 1.54) is 33.5 Å². The van der Waals surface area contributed by atoms with Crippen LogP contribution in [0.5, 0.6) is 17.2 Å². The molecule has 0 aromatic heterocycles. The standard InChI is InChI=1S/C31H44N2O11S/c1-19-11-13-21(14-12-19)45(37,38)44-26(17-23(28(35)42-30(2,3)4)33-29(36)43-31(5,6)7)27(34)32-18-22-24(40-9)15-20(39-8)16-25(22)41-10/h11-16,23,26H,17-18H2,1-10H3,(H,32,34)(H,33,36). The molecule has 0 aliphatic heterocycles. The van der Waals surface area contributed by atoms with Gasteiger partial charge < -0.3 is 34.3 Å². The third-order valence-electron chi connectivity index (χ3n) is 5.93. The van der Waals surface area contributed by atoms with Crippen LogP contribution in [0, 0.1) is 6.92 Å². The number of rotatable bonds is 13. The number of methoxy groups -OCH3 is 3. The third-order valence-corrected chi connectivity index (χ3v) is 7.27. The molecule has 2 amide bonds. The zero-order chi connectivity index (χ0) is 34.2. The summed E-state index contributed by atoms with van der Waals surface area (Å²) in [5.41, 5.74) is -0.665. The quantitative estimate of drug-likeness (QED) is 0.237. The SMILES string of the molecule is COc1cc(OC)c(CNC(=O)C(CC(NC(=O)OC(C)(C)C)C(=O)OC(C)(C)C)OS(=O)(=O)c2ccc(C)cc2)c(OC)c1. The number of amides is 2. The Balaban J connectivity index is 2.50. The second-order valence-electron chi connectivity index (χ2n) is 12.0. The van der Waals surface area contributed by atoms with E-state index in [4.69, 9.17) is 27.9 Å². The van der Waals surface area contributed by atoms with Crippen molar-refractivity contribution < 1.29 is 50.7 Å². The van der Waals surface area contributed by atoms with Crippen LogP contribution in [0.15, 0.2) is 41.3 Å². The van der Waals surface area contributed by atoms with Crippen LogP contribution in [0.4, 0.5) is 4.79 Å². The van der Waals surface area contributed by atoms with Crippen molar-refractivity contribution in [1.82, 2.24) is 10.6 Å². The molecule has 2 unspecified atom stereocenters. The number of nitrogens with one attached hydrogen (secondary N) is 2. The van der Waals surface area contributed by atoms with E-state index in [0.717, 1.165) is 5.56 Å². The number of esters is 1. The molecule has 0 saturated carbocycles.